The minimum absolute atomic E-state index is 0.0400. The van der Waals surface area contributed by atoms with E-state index in [1.165, 1.54) is 29.2 Å². The number of aromatic amines is 1. The number of hydrogen-bond donors (Lipinski definition) is 7. The number of hydrogen-bond acceptors (Lipinski definition) is 8. The van der Waals surface area contributed by atoms with Crippen LogP contribution >= 0.6 is 7.60 Å². The fraction of sp³-hybridized carbons (Fsp3) is 0.333. The zero-order valence-electron chi connectivity index (χ0n) is 30.6. The van der Waals surface area contributed by atoms with Crippen molar-refractivity contribution in [3.05, 3.63) is 107 Å². The fourth-order valence-electron chi connectivity index (χ4n) is 7.40. The van der Waals surface area contributed by atoms with Gasteiger partial charge in [-0.2, -0.15) is 0 Å². The highest BCUT2D eigenvalue weighted by molar-refractivity contribution is 7.70. The molecule has 4 atom stereocenters. The van der Waals surface area contributed by atoms with Crippen molar-refractivity contribution in [2.24, 2.45) is 5.73 Å². The summed E-state index contributed by atoms with van der Waals surface area (Å²) in [5.41, 5.74) is 5.96. The zero-order valence-corrected chi connectivity index (χ0v) is 31.5. The van der Waals surface area contributed by atoms with Crippen molar-refractivity contribution in [2.75, 3.05) is 20.1 Å². The molecule has 2 aliphatic rings. The second-order valence-electron chi connectivity index (χ2n) is 14.2. The van der Waals surface area contributed by atoms with Crippen LogP contribution in [0.15, 0.2) is 84.9 Å². The van der Waals surface area contributed by atoms with Crippen molar-refractivity contribution in [3.63, 3.8) is 0 Å². The lowest BCUT2D eigenvalue weighted by Gasteiger charge is -2.38. The number of nitrogens with one attached hydrogen (secondary N) is 4. The maximum absolute atomic E-state index is 14.3. The average molecular weight is 786 g/mol. The Bertz CT molecular complexity index is 2140. The number of carbonyl (C=O) groups is 6. The monoisotopic (exact) mass is 785 g/mol. The third-order valence-corrected chi connectivity index (χ3v) is 11.0. The molecule has 1 aromatic heterocycles. The standard InChI is InChI=1S/C39H44N7O9P/c1-45-19-18-27-13-16-32(37(50)42-29(15-17-33(40)47)35(48)44-34(23-8-4-2-5-9-23)24-10-6-3-7-11-24)46(27)38(51)31(22-45)43-36(49)30-21-26-20-25(12-14-28(26)41-30)39(52)56(53,54)55/h2-12,14,20-21,27,29,31-32,34,41H,13,15-19,22H2,1H3,(H2,40,47)(H,42,50)(H,43,49)(H,44,48)(H2,53,54,55)/t27-,29+,31+,32+/m1/s1. The Morgan fingerprint density at radius 1 is 0.911 bits per heavy atom. The van der Waals surface area contributed by atoms with Gasteiger partial charge in [0.05, 0.1) is 6.04 Å². The highest BCUT2D eigenvalue weighted by Crippen LogP contribution is 2.39. The Labute approximate surface area is 322 Å². The van der Waals surface area contributed by atoms with Gasteiger partial charge in [0, 0.05) is 35.5 Å². The van der Waals surface area contributed by atoms with E-state index in [2.05, 4.69) is 20.9 Å². The third-order valence-electron chi connectivity index (χ3n) is 10.2. The Kier molecular flexibility index (Phi) is 12.1. The maximum Gasteiger partial charge on any atom is 0.396 e. The summed E-state index contributed by atoms with van der Waals surface area (Å²) in [6.07, 6.45) is 1.15. The fourth-order valence-corrected chi connectivity index (χ4v) is 7.88. The number of carbonyl (C=O) groups excluding carboxylic acids is 6. The average Bonchev–Trinajstić information content (AvgIpc) is 3.81. The van der Waals surface area contributed by atoms with Crippen LogP contribution in [0, 0.1) is 0 Å². The SMILES string of the molecule is CN1CC[C@H]2CC[C@@H](C(=O)N[C@@H](CCC(N)=O)C(=O)NC(c3ccccc3)c3ccccc3)N2C(=O)[C@@H](NC(=O)c2cc3cc(C(=O)P(=O)(O)O)ccc3[nH]2)C1. The molecule has 4 aromatic rings. The third kappa shape index (κ3) is 9.23. The van der Waals surface area contributed by atoms with Gasteiger partial charge in [-0.15, -0.1) is 0 Å². The molecule has 0 bridgehead atoms. The number of fused-ring (bicyclic) bond motifs is 2. The van der Waals surface area contributed by atoms with Crippen LogP contribution in [0.1, 0.15) is 70.1 Å². The summed E-state index contributed by atoms with van der Waals surface area (Å²) < 4.78 is 11.5. The van der Waals surface area contributed by atoms with Crippen molar-refractivity contribution >= 4 is 53.6 Å². The zero-order chi connectivity index (χ0) is 40.1. The van der Waals surface area contributed by atoms with Gasteiger partial charge in [-0.3, -0.25) is 33.3 Å². The van der Waals surface area contributed by atoms with Gasteiger partial charge in [0.25, 0.3) is 11.4 Å². The topological polar surface area (TPSA) is 244 Å². The van der Waals surface area contributed by atoms with Gasteiger partial charge in [0.15, 0.2) is 0 Å². The molecule has 3 aromatic carbocycles. The molecular weight excluding hydrogens is 741 g/mol. The van der Waals surface area contributed by atoms with E-state index in [0.29, 0.717) is 36.7 Å². The first-order chi connectivity index (χ1) is 26.7. The molecule has 0 spiro atoms. The van der Waals surface area contributed by atoms with Gasteiger partial charge in [0.1, 0.15) is 23.8 Å². The van der Waals surface area contributed by atoms with Crippen LogP contribution < -0.4 is 21.7 Å². The molecule has 6 rings (SSSR count). The molecule has 3 heterocycles. The number of H-pyrrole nitrogens is 1. The molecule has 5 amide bonds. The number of primary amides is 1. The van der Waals surface area contributed by atoms with E-state index in [1.54, 1.807) is 0 Å². The molecular formula is C39H44N7O9P. The van der Waals surface area contributed by atoms with Crippen LogP contribution in [0.5, 0.6) is 0 Å². The number of likely N-dealkylation sites (N-methyl/N-ethyl adjacent to an activating group) is 1. The molecule has 16 nitrogen and oxygen atoms in total. The van der Waals surface area contributed by atoms with Gasteiger partial charge >= 0.3 is 7.60 Å². The lowest BCUT2D eigenvalue weighted by Crippen LogP contribution is -2.61. The molecule has 0 radical (unpaired) electrons. The number of amides is 5. The predicted octanol–water partition coefficient (Wildman–Crippen LogP) is 1.94. The van der Waals surface area contributed by atoms with E-state index in [4.69, 9.17) is 5.73 Å². The van der Waals surface area contributed by atoms with Crippen LogP contribution in [-0.2, 0) is 23.7 Å². The summed E-state index contributed by atoms with van der Waals surface area (Å²) in [5.74, 6) is -2.88. The van der Waals surface area contributed by atoms with Crippen LogP contribution in [0.25, 0.3) is 10.9 Å². The predicted molar refractivity (Wildman–Crippen MR) is 205 cm³/mol. The Hall–Kier alpha value is -5.67. The highest BCUT2D eigenvalue weighted by Gasteiger charge is 2.45. The second-order valence-corrected chi connectivity index (χ2v) is 15.7. The molecule has 0 aliphatic carbocycles. The molecule has 17 heteroatoms. The van der Waals surface area contributed by atoms with E-state index >= 15 is 0 Å². The molecule has 0 saturated carbocycles. The first-order valence-corrected chi connectivity index (χ1v) is 19.8. The number of aromatic nitrogens is 1. The highest BCUT2D eigenvalue weighted by atomic mass is 31.2. The quantitative estimate of drug-likeness (QED) is 0.0972. The smallest absolute Gasteiger partial charge is 0.370 e. The van der Waals surface area contributed by atoms with E-state index < -0.39 is 66.8 Å². The van der Waals surface area contributed by atoms with Gasteiger partial charge < -0.3 is 46.3 Å². The minimum Gasteiger partial charge on any atom is -0.370 e. The van der Waals surface area contributed by atoms with Crippen LogP contribution in [0.4, 0.5) is 0 Å². The molecule has 2 aliphatic heterocycles. The summed E-state index contributed by atoms with van der Waals surface area (Å²) in [6.45, 7) is 0.704. The summed E-state index contributed by atoms with van der Waals surface area (Å²) in [5, 5.41) is 8.97. The van der Waals surface area contributed by atoms with Crippen molar-refractivity contribution in [2.45, 2.75) is 62.3 Å². The maximum atomic E-state index is 14.3. The molecule has 2 saturated heterocycles. The molecule has 8 N–H and O–H groups in total. The van der Waals surface area contributed by atoms with E-state index in [1.807, 2.05) is 72.6 Å². The number of benzene rings is 3. The largest absolute Gasteiger partial charge is 0.396 e. The molecule has 56 heavy (non-hydrogen) atoms. The van der Waals surface area contributed by atoms with Crippen molar-refractivity contribution in [1.82, 2.24) is 30.7 Å². The first kappa shape index (κ1) is 40.0. The van der Waals surface area contributed by atoms with Gasteiger partial charge in [-0.1, -0.05) is 60.7 Å². The van der Waals surface area contributed by atoms with Crippen LogP contribution in [-0.4, -0.2) is 104 Å². The van der Waals surface area contributed by atoms with Crippen molar-refractivity contribution in [1.29, 1.82) is 0 Å². The van der Waals surface area contributed by atoms with Gasteiger partial charge in [-0.25, -0.2) is 0 Å². The molecule has 2 fully saturated rings. The Balaban J connectivity index is 1.20. The lowest BCUT2D eigenvalue weighted by atomic mass is 9.98. The molecule has 0 unspecified atom stereocenters. The van der Waals surface area contributed by atoms with Crippen molar-refractivity contribution < 1.29 is 43.1 Å². The number of nitrogens with zero attached hydrogens (tertiary/aromatic N) is 2. The van der Waals surface area contributed by atoms with Crippen LogP contribution in [0.3, 0.4) is 0 Å². The first-order valence-electron chi connectivity index (χ1n) is 18.2. The van der Waals surface area contributed by atoms with Crippen LogP contribution in [0.2, 0.25) is 0 Å². The van der Waals surface area contributed by atoms with Gasteiger partial charge in [0.2, 0.25) is 23.6 Å². The lowest BCUT2D eigenvalue weighted by molar-refractivity contribution is -0.144. The Morgan fingerprint density at radius 2 is 1.57 bits per heavy atom. The number of nitrogens with two attached hydrogens (primary N) is 1. The van der Waals surface area contributed by atoms with Crippen molar-refractivity contribution in [3.8, 4) is 0 Å². The number of rotatable bonds is 13. The second kappa shape index (κ2) is 17.0. The van der Waals surface area contributed by atoms with E-state index in [-0.39, 0.29) is 36.7 Å². The molecule has 294 valence electrons. The summed E-state index contributed by atoms with van der Waals surface area (Å²) >= 11 is 0. The minimum atomic E-state index is -5.03. The van der Waals surface area contributed by atoms with Gasteiger partial charge in [-0.05, 0) is 74.7 Å². The van der Waals surface area contributed by atoms with E-state index in [0.717, 1.165) is 11.1 Å². The van der Waals surface area contributed by atoms with E-state index in [9.17, 15) is 43.1 Å². The summed E-state index contributed by atoms with van der Waals surface area (Å²) in [7, 11) is -3.20. The Morgan fingerprint density at radius 3 is 2.20 bits per heavy atom. The normalized spacial score (nSPS) is 19.5. The summed E-state index contributed by atoms with van der Waals surface area (Å²) in [4.78, 5) is 105. The summed E-state index contributed by atoms with van der Waals surface area (Å²) in [6, 6.07) is 19.9.